The molecule has 0 saturated carbocycles. The van der Waals surface area contributed by atoms with Gasteiger partial charge in [0.2, 0.25) is 5.91 Å². The predicted octanol–water partition coefficient (Wildman–Crippen LogP) is 5.69. The number of thioether (sulfide) groups is 1. The van der Waals surface area contributed by atoms with Crippen LogP contribution in [0.1, 0.15) is 5.56 Å². The zero-order valence-corrected chi connectivity index (χ0v) is 21.4. The van der Waals surface area contributed by atoms with Crippen LogP contribution in [0.3, 0.4) is 0 Å². The lowest BCUT2D eigenvalue weighted by atomic mass is 10.2. The van der Waals surface area contributed by atoms with Crippen molar-refractivity contribution in [2.24, 2.45) is 0 Å². The number of carbonyl (C=O) groups excluding carboxylic acids is 4. The van der Waals surface area contributed by atoms with Gasteiger partial charge >= 0.3 is 0 Å². The molecule has 37 heavy (non-hydrogen) atoms. The van der Waals surface area contributed by atoms with Crippen LogP contribution in [0.4, 0.5) is 16.2 Å². The van der Waals surface area contributed by atoms with Crippen LogP contribution in [0.5, 0.6) is 5.75 Å². The topological polar surface area (TPSA) is 105 Å². The van der Waals surface area contributed by atoms with Gasteiger partial charge in [-0.15, -0.1) is 0 Å². The molecule has 1 heterocycles. The van der Waals surface area contributed by atoms with Crippen LogP contribution >= 0.6 is 35.0 Å². The first-order valence-electron chi connectivity index (χ1n) is 10.9. The van der Waals surface area contributed by atoms with Crippen molar-refractivity contribution in [1.29, 1.82) is 0 Å². The fraction of sp³-hybridized carbons (Fsp3) is 0.0769. The molecular weight excluding hydrogens is 537 g/mol. The van der Waals surface area contributed by atoms with Crippen molar-refractivity contribution >= 4 is 75.4 Å². The fourth-order valence-electron chi connectivity index (χ4n) is 3.27. The smallest absolute Gasteiger partial charge is 0.294 e. The van der Waals surface area contributed by atoms with E-state index in [0.717, 1.165) is 16.7 Å². The SMILES string of the molecule is O=C(COc1ccc(/C=C2/SC(=O)N(CC(=O)Nc3ccccc3Cl)C2=O)cc1Cl)Nc1ccccc1. The summed E-state index contributed by atoms with van der Waals surface area (Å²) < 4.78 is 5.50. The number of rotatable bonds is 8. The molecule has 3 aromatic rings. The molecule has 0 atom stereocenters. The summed E-state index contributed by atoms with van der Waals surface area (Å²) in [5.41, 5.74) is 1.57. The molecule has 0 radical (unpaired) electrons. The van der Waals surface area contributed by atoms with Crippen LogP contribution in [-0.4, -0.2) is 41.0 Å². The Morgan fingerprint density at radius 2 is 1.62 bits per heavy atom. The fourth-order valence-corrected chi connectivity index (χ4v) is 4.53. The molecule has 1 aliphatic rings. The number of ether oxygens (including phenoxy) is 1. The quantitative estimate of drug-likeness (QED) is 0.346. The van der Waals surface area contributed by atoms with Crippen LogP contribution in [0.25, 0.3) is 6.08 Å². The van der Waals surface area contributed by atoms with E-state index >= 15 is 0 Å². The summed E-state index contributed by atoms with van der Waals surface area (Å²) in [7, 11) is 0. The van der Waals surface area contributed by atoms with Gasteiger partial charge in [0.15, 0.2) is 6.61 Å². The Morgan fingerprint density at radius 1 is 0.892 bits per heavy atom. The van der Waals surface area contributed by atoms with Crippen LogP contribution in [-0.2, 0) is 14.4 Å². The Labute approximate surface area is 226 Å². The summed E-state index contributed by atoms with van der Waals surface area (Å²) in [5.74, 6) is -1.22. The average Bonchev–Trinajstić information content (AvgIpc) is 3.12. The van der Waals surface area contributed by atoms with Gasteiger partial charge in [0.05, 0.1) is 20.6 Å². The minimum absolute atomic E-state index is 0.141. The highest BCUT2D eigenvalue weighted by molar-refractivity contribution is 8.18. The number of anilines is 2. The van der Waals surface area contributed by atoms with E-state index in [0.29, 0.717) is 22.0 Å². The lowest BCUT2D eigenvalue weighted by Crippen LogP contribution is -2.36. The number of nitrogens with zero attached hydrogens (tertiary/aromatic N) is 1. The third-order valence-corrected chi connectivity index (χ3v) is 6.53. The van der Waals surface area contributed by atoms with Crippen molar-refractivity contribution in [3.8, 4) is 5.75 Å². The first kappa shape index (κ1) is 26.3. The maximum Gasteiger partial charge on any atom is 0.294 e. The molecular formula is C26H19Cl2N3O5S. The maximum atomic E-state index is 12.8. The van der Waals surface area contributed by atoms with E-state index < -0.39 is 23.6 Å². The highest BCUT2D eigenvalue weighted by Gasteiger charge is 2.36. The van der Waals surface area contributed by atoms with Crippen molar-refractivity contribution in [2.45, 2.75) is 0 Å². The van der Waals surface area contributed by atoms with Crippen molar-refractivity contribution < 1.29 is 23.9 Å². The molecule has 0 unspecified atom stereocenters. The number of halogens is 2. The molecule has 3 aromatic carbocycles. The van der Waals surface area contributed by atoms with E-state index in [4.69, 9.17) is 27.9 Å². The minimum Gasteiger partial charge on any atom is -0.482 e. The van der Waals surface area contributed by atoms with E-state index in [-0.39, 0.29) is 28.2 Å². The van der Waals surface area contributed by atoms with E-state index in [2.05, 4.69) is 10.6 Å². The number of amides is 4. The van der Waals surface area contributed by atoms with Gasteiger partial charge in [0, 0.05) is 5.69 Å². The van der Waals surface area contributed by atoms with Gasteiger partial charge in [-0.3, -0.25) is 24.1 Å². The lowest BCUT2D eigenvalue weighted by Gasteiger charge is -2.13. The minimum atomic E-state index is -0.599. The largest absolute Gasteiger partial charge is 0.482 e. The van der Waals surface area contributed by atoms with Gasteiger partial charge in [0.25, 0.3) is 17.1 Å². The Kier molecular flexibility index (Phi) is 8.50. The zero-order valence-electron chi connectivity index (χ0n) is 19.1. The first-order chi connectivity index (χ1) is 17.8. The van der Waals surface area contributed by atoms with Gasteiger partial charge in [-0.05, 0) is 59.8 Å². The molecule has 8 nitrogen and oxygen atoms in total. The van der Waals surface area contributed by atoms with Crippen molar-refractivity contribution in [1.82, 2.24) is 4.90 Å². The normalized spacial score (nSPS) is 14.1. The Morgan fingerprint density at radius 3 is 2.35 bits per heavy atom. The Balaban J connectivity index is 1.36. The number of nitrogens with one attached hydrogen (secondary N) is 2. The molecule has 1 saturated heterocycles. The number of para-hydroxylation sites is 2. The molecule has 1 fully saturated rings. The molecule has 4 amide bonds. The summed E-state index contributed by atoms with van der Waals surface area (Å²) in [6, 6.07) is 20.3. The summed E-state index contributed by atoms with van der Waals surface area (Å²) in [4.78, 5) is 50.6. The average molecular weight is 556 g/mol. The molecule has 0 aromatic heterocycles. The second kappa shape index (κ2) is 12.0. The second-order valence-corrected chi connectivity index (χ2v) is 9.50. The molecule has 1 aliphatic heterocycles. The van der Waals surface area contributed by atoms with Crippen LogP contribution in [0, 0.1) is 0 Å². The molecule has 11 heteroatoms. The number of hydrogen-bond donors (Lipinski definition) is 2. The molecule has 188 valence electrons. The molecule has 4 rings (SSSR count). The highest BCUT2D eigenvalue weighted by atomic mass is 35.5. The maximum absolute atomic E-state index is 12.8. The monoisotopic (exact) mass is 555 g/mol. The van der Waals surface area contributed by atoms with Crippen molar-refractivity contribution in [2.75, 3.05) is 23.8 Å². The highest BCUT2D eigenvalue weighted by Crippen LogP contribution is 2.34. The zero-order chi connectivity index (χ0) is 26.4. The third-order valence-electron chi connectivity index (χ3n) is 4.99. The summed E-state index contributed by atoms with van der Waals surface area (Å²) in [5, 5.41) is 5.28. The van der Waals surface area contributed by atoms with E-state index in [1.165, 1.54) is 6.08 Å². The number of carbonyl (C=O) groups is 4. The number of hydrogen-bond acceptors (Lipinski definition) is 6. The van der Waals surface area contributed by atoms with Gasteiger partial charge in [0.1, 0.15) is 12.3 Å². The molecule has 0 bridgehead atoms. The van der Waals surface area contributed by atoms with Crippen molar-refractivity contribution in [3.63, 3.8) is 0 Å². The van der Waals surface area contributed by atoms with Gasteiger partial charge in [-0.1, -0.05) is 59.6 Å². The molecule has 2 N–H and O–H groups in total. The first-order valence-corrected chi connectivity index (χ1v) is 12.4. The van der Waals surface area contributed by atoms with E-state index in [1.54, 1.807) is 66.7 Å². The van der Waals surface area contributed by atoms with E-state index in [1.807, 2.05) is 6.07 Å². The number of benzene rings is 3. The molecule has 0 spiro atoms. The summed E-state index contributed by atoms with van der Waals surface area (Å²) in [6.45, 7) is -0.699. The van der Waals surface area contributed by atoms with Crippen molar-refractivity contribution in [3.05, 3.63) is 93.3 Å². The van der Waals surface area contributed by atoms with Gasteiger partial charge in [-0.2, -0.15) is 0 Å². The summed E-state index contributed by atoms with van der Waals surface area (Å²) in [6.07, 6.45) is 1.49. The number of imide groups is 1. The van der Waals surface area contributed by atoms with Gasteiger partial charge < -0.3 is 15.4 Å². The Hall–Kier alpha value is -3.79. The van der Waals surface area contributed by atoms with Crippen LogP contribution < -0.4 is 15.4 Å². The van der Waals surface area contributed by atoms with Crippen LogP contribution in [0.2, 0.25) is 10.0 Å². The van der Waals surface area contributed by atoms with Gasteiger partial charge in [-0.25, -0.2) is 0 Å². The van der Waals surface area contributed by atoms with Crippen LogP contribution in [0.15, 0.2) is 77.7 Å². The second-order valence-electron chi connectivity index (χ2n) is 7.69. The standard InChI is InChI=1S/C26H19Cl2N3O5S/c27-18-8-4-5-9-20(18)30-23(32)14-31-25(34)22(37-26(31)35)13-16-10-11-21(19(28)12-16)36-15-24(33)29-17-6-2-1-3-7-17/h1-13H,14-15H2,(H,29,33)(H,30,32)/b22-13+. The third kappa shape index (κ3) is 6.91. The molecule has 0 aliphatic carbocycles. The predicted molar refractivity (Wildman–Crippen MR) is 145 cm³/mol. The van der Waals surface area contributed by atoms with E-state index in [9.17, 15) is 19.2 Å². The Bertz CT molecular complexity index is 1400. The summed E-state index contributed by atoms with van der Waals surface area (Å²) >= 11 is 13.0. The lowest BCUT2D eigenvalue weighted by molar-refractivity contribution is -0.127.